The van der Waals surface area contributed by atoms with Crippen LogP contribution in [0.4, 0.5) is 0 Å². The van der Waals surface area contributed by atoms with Crippen molar-refractivity contribution in [2.24, 2.45) is 10.3 Å². The second-order valence-corrected chi connectivity index (χ2v) is 11.5. The number of hydrogen-bond acceptors (Lipinski definition) is 8. The summed E-state index contributed by atoms with van der Waals surface area (Å²) in [5, 5.41) is 10.3. The van der Waals surface area contributed by atoms with Gasteiger partial charge in [0.2, 0.25) is 0 Å². The molecular formula is C35H35N5O4S. The van der Waals surface area contributed by atoms with Gasteiger partial charge < -0.3 is 18.8 Å². The topological polar surface area (TPSA) is 100 Å². The molecule has 0 aliphatic rings. The van der Waals surface area contributed by atoms with Crippen molar-refractivity contribution in [3.05, 3.63) is 109 Å². The van der Waals surface area contributed by atoms with E-state index in [1.807, 2.05) is 67.0 Å². The molecule has 0 saturated carbocycles. The first kappa shape index (κ1) is 31.5. The van der Waals surface area contributed by atoms with E-state index in [9.17, 15) is 9.59 Å². The SMILES string of the molecule is CCCCCC/C(=N\OC(C)=O)c1cn(-c2ccc(/C(=N/OC(C)=O)n3cccc3)cc2)c2ccc(Sc3ccccn3)cc12. The predicted molar refractivity (Wildman–Crippen MR) is 177 cm³/mol. The summed E-state index contributed by atoms with van der Waals surface area (Å²) >= 11 is 1.58. The highest BCUT2D eigenvalue weighted by atomic mass is 32.2. The lowest BCUT2D eigenvalue weighted by molar-refractivity contribution is -0.141. The average molecular weight is 622 g/mol. The summed E-state index contributed by atoms with van der Waals surface area (Å²) in [6.07, 6.45) is 12.4. The first-order valence-corrected chi connectivity index (χ1v) is 15.7. The van der Waals surface area contributed by atoms with Gasteiger partial charge in [0.15, 0.2) is 5.84 Å². The third-order valence-electron chi connectivity index (χ3n) is 7.01. The zero-order valence-electron chi connectivity index (χ0n) is 25.6. The molecule has 3 heterocycles. The summed E-state index contributed by atoms with van der Waals surface area (Å²) in [5.74, 6) is -0.469. The lowest BCUT2D eigenvalue weighted by Gasteiger charge is -2.10. The molecule has 0 N–H and O–H groups in total. The van der Waals surface area contributed by atoms with E-state index in [1.54, 1.807) is 22.5 Å². The van der Waals surface area contributed by atoms with Crippen molar-refractivity contribution < 1.29 is 19.3 Å². The molecule has 0 bridgehead atoms. The van der Waals surface area contributed by atoms with Crippen LogP contribution in [0.1, 0.15) is 64.0 Å². The van der Waals surface area contributed by atoms with Gasteiger partial charge in [-0.1, -0.05) is 54.3 Å². The van der Waals surface area contributed by atoms with Gasteiger partial charge in [-0.2, -0.15) is 0 Å². The van der Waals surface area contributed by atoms with Crippen molar-refractivity contribution >= 4 is 46.2 Å². The zero-order chi connectivity index (χ0) is 31.6. The number of nitrogens with zero attached hydrogens (tertiary/aromatic N) is 5. The highest BCUT2D eigenvalue weighted by molar-refractivity contribution is 7.99. The minimum Gasteiger partial charge on any atom is -0.318 e. The van der Waals surface area contributed by atoms with Gasteiger partial charge in [0.05, 0.1) is 11.2 Å². The van der Waals surface area contributed by atoms with Crippen LogP contribution in [0.15, 0.2) is 118 Å². The van der Waals surface area contributed by atoms with Gasteiger partial charge in [-0.25, -0.2) is 14.6 Å². The molecule has 5 rings (SSSR count). The second-order valence-electron chi connectivity index (χ2n) is 10.4. The summed E-state index contributed by atoms with van der Waals surface area (Å²) in [6.45, 7) is 4.85. The highest BCUT2D eigenvalue weighted by Gasteiger charge is 2.18. The standard InChI is InChI=1S/C35H35N5O4S/c1-4-5-6-7-12-32(37-43-25(2)41)31-24-40(33-19-18-29(23-30(31)33)45-34-13-8-9-20-36-34)28-16-14-27(15-17-28)35(38-44-26(3)42)39-21-10-11-22-39/h8-11,13-24H,4-7,12H2,1-3H3/b37-32+,38-35-. The monoisotopic (exact) mass is 621 g/mol. The average Bonchev–Trinajstić information content (AvgIpc) is 3.70. The van der Waals surface area contributed by atoms with Crippen LogP contribution < -0.4 is 0 Å². The molecule has 0 aliphatic carbocycles. The normalized spacial score (nSPS) is 12.0. The van der Waals surface area contributed by atoms with Crippen molar-refractivity contribution in [1.29, 1.82) is 0 Å². The molecule has 0 amide bonds. The molecule has 230 valence electrons. The van der Waals surface area contributed by atoms with Crippen molar-refractivity contribution in [1.82, 2.24) is 14.1 Å². The van der Waals surface area contributed by atoms with Crippen LogP contribution >= 0.6 is 11.8 Å². The highest BCUT2D eigenvalue weighted by Crippen LogP contribution is 2.33. The number of hydrogen-bond donors (Lipinski definition) is 0. The lowest BCUT2D eigenvalue weighted by Crippen LogP contribution is -2.13. The Morgan fingerprint density at radius 3 is 2.31 bits per heavy atom. The molecule has 3 aromatic heterocycles. The van der Waals surface area contributed by atoms with Gasteiger partial charge in [-0.05, 0) is 79.6 Å². The van der Waals surface area contributed by atoms with Crippen molar-refractivity contribution in [2.45, 2.75) is 62.8 Å². The first-order valence-electron chi connectivity index (χ1n) is 14.9. The van der Waals surface area contributed by atoms with Crippen LogP contribution in [-0.4, -0.2) is 37.6 Å². The number of carbonyl (C=O) groups excluding carboxylic acids is 2. The van der Waals surface area contributed by atoms with Crippen LogP contribution in [0.2, 0.25) is 0 Å². The summed E-state index contributed by atoms with van der Waals surface area (Å²) in [7, 11) is 0. The molecule has 5 aromatic rings. The smallest absolute Gasteiger partial charge is 0.318 e. The molecule has 0 radical (unpaired) electrons. The molecule has 10 heteroatoms. The Morgan fingerprint density at radius 1 is 0.867 bits per heavy atom. The number of oxime groups is 2. The number of fused-ring (bicyclic) bond motifs is 1. The Bertz CT molecular complexity index is 1810. The van der Waals surface area contributed by atoms with E-state index in [0.717, 1.165) is 69.0 Å². The Balaban J connectivity index is 1.58. The van der Waals surface area contributed by atoms with Crippen LogP contribution in [0.5, 0.6) is 0 Å². The zero-order valence-corrected chi connectivity index (χ0v) is 26.4. The molecule has 0 spiro atoms. The fourth-order valence-corrected chi connectivity index (χ4v) is 5.73. The fraction of sp³-hybridized carbons (Fsp3) is 0.229. The van der Waals surface area contributed by atoms with Crippen molar-refractivity contribution in [3.63, 3.8) is 0 Å². The number of unbranched alkanes of at least 4 members (excludes halogenated alkanes) is 3. The molecule has 2 aromatic carbocycles. The molecule has 9 nitrogen and oxygen atoms in total. The van der Waals surface area contributed by atoms with Crippen LogP contribution in [0.3, 0.4) is 0 Å². The fourth-order valence-electron chi connectivity index (χ4n) is 4.92. The summed E-state index contributed by atoms with van der Waals surface area (Å²) < 4.78 is 3.90. The maximum atomic E-state index is 11.8. The number of rotatable bonds is 12. The van der Waals surface area contributed by atoms with E-state index in [1.165, 1.54) is 13.8 Å². The van der Waals surface area contributed by atoms with E-state index >= 15 is 0 Å². The summed E-state index contributed by atoms with van der Waals surface area (Å²) in [4.78, 5) is 39.0. The number of benzene rings is 2. The predicted octanol–water partition coefficient (Wildman–Crippen LogP) is 7.99. The Morgan fingerprint density at radius 2 is 1.62 bits per heavy atom. The van der Waals surface area contributed by atoms with E-state index in [-0.39, 0.29) is 0 Å². The van der Waals surface area contributed by atoms with Crippen molar-refractivity contribution in [2.75, 3.05) is 0 Å². The lowest BCUT2D eigenvalue weighted by atomic mass is 10.0. The molecule has 0 aliphatic heterocycles. The Labute approximate surface area is 266 Å². The molecule has 0 unspecified atom stereocenters. The van der Waals surface area contributed by atoms with Crippen LogP contribution in [0, 0.1) is 0 Å². The maximum absolute atomic E-state index is 11.8. The molecular weight excluding hydrogens is 586 g/mol. The van der Waals surface area contributed by atoms with Gasteiger partial charge in [0.25, 0.3) is 0 Å². The van der Waals surface area contributed by atoms with E-state index in [0.29, 0.717) is 12.3 Å². The molecule has 0 atom stereocenters. The molecule has 0 fully saturated rings. The summed E-state index contributed by atoms with van der Waals surface area (Å²) in [5.41, 5.74) is 4.29. The number of carbonyl (C=O) groups is 2. The van der Waals surface area contributed by atoms with E-state index < -0.39 is 11.9 Å². The molecule has 45 heavy (non-hydrogen) atoms. The van der Waals surface area contributed by atoms with Crippen LogP contribution in [-0.2, 0) is 19.3 Å². The third kappa shape index (κ3) is 8.16. The van der Waals surface area contributed by atoms with Crippen LogP contribution in [0.25, 0.3) is 16.6 Å². The van der Waals surface area contributed by atoms with Gasteiger partial charge in [-0.15, -0.1) is 0 Å². The van der Waals surface area contributed by atoms with Crippen molar-refractivity contribution in [3.8, 4) is 5.69 Å². The number of pyridine rings is 1. The third-order valence-corrected chi connectivity index (χ3v) is 7.95. The number of aromatic nitrogens is 3. The quantitative estimate of drug-likeness (QED) is 0.0460. The largest absolute Gasteiger partial charge is 0.332 e. The van der Waals surface area contributed by atoms with Gasteiger partial charge >= 0.3 is 11.9 Å². The summed E-state index contributed by atoms with van der Waals surface area (Å²) in [6, 6.07) is 23.8. The minimum absolute atomic E-state index is 0.458. The Kier molecular flexibility index (Phi) is 10.6. The van der Waals surface area contributed by atoms with Gasteiger partial charge in [-0.3, -0.25) is 0 Å². The van der Waals surface area contributed by atoms with Gasteiger partial charge in [0.1, 0.15) is 5.03 Å². The van der Waals surface area contributed by atoms with Gasteiger partial charge in [0, 0.05) is 65.7 Å². The first-order chi connectivity index (χ1) is 21.9. The molecule has 0 saturated heterocycles. The minimum atomic E-state index is -0.496. The van der Waals surface area contributed by atoms with E-state index in [2.05, 4.69) is 51.2 Å². The maximum Gasteiger partial charge on any atom is 0.332 e. The Hall–Kier alpha value is -4.96. The second kappa shape index (κ2) is 15.2. The van der Waals surface area contributed by atoms with E-state index in [4.69, 9.17) is 9.68 Å².